The van der Waals surface area contributed by atoms with Crippen LogP contribution in [-0.2, 0) is 6.61 Å². The van der Waals surface area contributed by atoms with E-state index >= 15 is 0 Å². The van der Waals surface area contributed by atoms with Crippen molar-refractivity contribution in [1.82, 2.24) is 0 Å². The minimum absolute atomic E-state index is 0.0125. The number of hydrogen-bond donors (Lipinski definition) is 0. The number of halogens is 4. The quantitative estimate of drug-likeness (QED) is 0.182. The Hall–Kier alpha value is -3.02. The lowest BCUT2D eigenvalue weighted by atomic mass is 9.79. The summed E-state index contributed by atoms with van der Waals surface area (Å²) in [6, 6.07) is 12.7. The van der Waals surface area contributed by atoms with Crippen molar-refractivity contribution in [2.24, 2.45) is 5.92 Å². The summed E-state index contributed by atoms with van der Waals surface area (Å²) in [7, 11) is 0. The van der Waals surface area contributed by atoms with Crippen molar-refractivity contribution in [2.75, 3.05) is 6.61 Å². The third kappa shape index (κ3) is 6.69. The first-order valence-electron chi connectivity index (χ1n) is 13.7. The van der Waals surface area contributed by atoms with Gasteiger partial charge in [0, 0.05) is 5.56 Å². The van der Waals surface area contributed by atoms with Crippen LogP contribution in [0.15, 0.2) is 48.5 Å². The van der Waals surface area contributed by atoms with Crippen LogP contribution >= 0.6 is 0 Å². The maximum atomic E-state index is 14.8. The van der Waals surface area contributed by atoms with Crippen molar-refractivity contribution in [2.45, 2.75) is 77.7 Å². The molecular weight excluding hydrogens is 492 g/mol. The van der Waals surface area contributed by atoms with Gasteiger partial charge in [-0.05, 0) is 66.0 Å². The van der Waals surface area contributed by atoms with Crippen LogP contribution in [0, 0.1) is 29.2 Å². The van der Waals surface area contributed by atoms with Gasteiger partial charge < -0.3 is 9.47 Å². The van der Waals surface area contributed by atoms with Crippen molar-refractivity contribution in [3.8, 4) is 22.6 Å². The summed E-state index contributed by atoms with van der Waals surface area (Å²) >= 11 is 0. The Morgan fingerprint density at radius 1 is 0.684 bits per heavy atom. The van der Waals surface area contributed by atoms with E-state index in [0.29, 0.717) is 29.2 Å². The van der Waals surface area contributed by atoms with Gasteiger partial charge in [0.15, 0.2) is 23.1 Å². The lowest BCUT2D eigenvalue weighted by Crippen LogP contribution is -2.13. The smallest absolute Gasteiger partial charge is 0.201 e. The van der Waals surface area contributed by atoms with Gasteiger partial charge >= 0.3 is 0 Å². The van der Waals surface area contributed by atoms with E-state index in [-0.39, 0.29) is 29.6 Å². The molecule has 0 aromatic heterocycles. The van der Waals surface area contributed by atoms with Crippen LogP contribution in [0.1, 0.15) is 82.3 Å². The predicted molar refractivity (Wildman–Crippen MR) is 142 cm³/mol. The Morgan fingerprint density at radius 3 is 2.05 bits per heavy atom. The van der Waals surface area contributed by atoms with Crippen molar-refractivity contribution in [3.63, 3.8) is 0 Å². The minimum atomic E-state index is -1.01. The Labute approximate surface area is 223 Å². The first-order valence-corrected chi connectivity index (χ1v) is 13.7. The molecule has 204 valence electrons. The fourth-order valence-electron chi connectivity index (χ4n) is 5.06. The largest absolute Gasteiger partial charge is 0.490 e. The second kappa shape index (κ2) is 13.2. The van der Waals surface area contributed by atoms with Crippen LogP contribution in [0.3, 0.4) is 0 Å². The van der Waals surface area contributed by atoms with Gasteiger partial charge in [0.05, 0.1) is 6.61 Å². The summed E-state index contributed by atoms with van der Waals surface area (Å²) in [6.07, 6.45) is 7.72. The number of benzene rings is 3. The molecule has 6 heteroatoms. The van der Waals surface area contributed by atoms with E-state index in [1.165, 1.54) is 18.2 Å². The second-order valence-corrected chi connectivity index (χ2v) is 10.4. The molecule has 0 radical (unpaired) electrons. The van der Waals surface area contributed by atoms with Crippen LogP contribution in [0.2, 0.25) is 0 Å². The predicted octanol–water partition coefficient (Wildman–Crippen LogP) is 9.74. The molecule has 1 saturated carbocycles. The standard InChI is InChI=1S/C32H36F4O2/c1-3-4-5-6-19-37-27-17-15-26(29(33)31(27)35)24-13-9-22(10-14-24)20-38-28-18-16-25(30(34)32(28)36)23-11-7-21(2)8-12-23/h9-10,13-18,21,23H,3-8,11-12,19-20H2,1-2H3. The Kier molecular flexibility index (Phi) is 9.70. The highest BCUT2D eigenvalue weighted by atomic mass is 19.2. The molecule has 1 aliphatic carbocycles. The van der Waals surface area contributed by atoms with E-state index in [4.69, 9.17) is 9.47 Å². The second-order valence-electron chi connectivity index (χ2n) is 10.4. The molecular formula is C32H36F4O2. The van der Waals surface area contributed by atoms with E-state index in [9.17, 15) is 17.6 Å². The molecule has 1 fully saturated rings. The van der Waals surface area contributed by atoms with Crippen LogP contribution in [0.25, 0.3) is 11.1 Å². The summed E-state index contributed by atoms with van der Waals surface area (Å²) in [5.41, 5.74) is 1.72. The number of rotatable bonds is 11. The van der Waals surface area contributed by atoms with Crippen LogP contribution in [0.5, 0.6) is 11.5 Å². The summed E-state index contributed by atoms with van der Waals surface area (Å²) in [4.78, 5) is 0. The molecule has 0 spiro atoms. The molecule has 1 aliphatic rings. The lowest BCUT2D eigenvalue weighted by molar-refractivity contribution is 0.282. The normalized spacial score (nSPS) is 17.4. The van der Waals surface area contributed by atoms with Crippen LogP contribution in [0.4, 0.5) is 17.6 Å². The monoisotopic (exact) mass is 528 g/mol. The minimum Gasteiger partial charge on any atom is -0.490 e. The maximum absolute atomic E-state index is 14.8. The lowest BCUT2D eigenvalue weighted by Gasteiger charge is -2.27. The first kappa shape index (κ1) is 28.0. The molecule has 0 aliphatic heterocycles. The molecule has 0 N–H and O–H groups in total. The molecule has 0 atom stereocenters. The van der Waals surface area contributed by atoms with E-state index in [1.807, 2.05) is 0 Å². The Bertz CT molecular complexity index is 1200. The average molecular weight is 529 g/mol. The summed E-state index contributed by atoms with van der Waals surface area (Å²) < 4.78 is 69.8. The molecule has 3 aromatic carbocycles. The number of ether oxygens (including phenoxy) is 2. The molecule has 38 heavy (non-hydrogen) atoms. The van der Waals surface area contributed by atoms with Gasteiger partial charge in [-0.2, -0.15) is 8.78 Å². The number of hydrogen-bond acceptors (Lipinski definition) is 2. The average Bonchev–Trinajstić information content (AvgIpc) is 2.93. The zero-order chi connectivity index (χ0) is 27.1. The van der Waals surface area contributed by atoms with Crippen molar-refractivity contribution in [1.29, 1.82) is 0 Å². The van der Waals surface area contributed by atoms with Gasteiger partial charge in [-0.3, -0.25) is 0 Å². The molecule has 0 saturated heterocycles. The zero-order valence-corrected chi connectivity index (χ0v) is 22.2. The third-order valence-corrected chi connectivity index (χ3v) is 7.49. The highest BCUT2D eigenvalue weighted by Gasteiger charge is 2.25. The maximum Gasteiger partial charge on any atom is 0.201 e. The molecule has 2 nitrogen and oxygen atoms in total. The van der Waals surface area contributed by atoms with E-state index in [0.717, 1.165) is 51.4 Å². The van der Waals surface area contributed by atoms with Crippen LogP contribution in [-0.4, -0.2) is 6.61 Å². The topological polar surface area (TPSA) is 18.5 Å². The van der Waals surface area contributed by atoms with Crippen molar-refractivity contribution < 1.29 is 27.0 Å². The first-order chi connectivity index (χ1) is 18.4. The third-order valence-electron chi connectivity index (χ3n) is 7.49. The van der Waals surface area contributed by atoms with E-state index in [1.54, 1.807) is 30.3 Å². The molecule has 4 rings (SSSR count). The molecule has 0 unspecified atom stereocenters. The summed E-state index contributed by atoms with van der Waals surface area (Å²) in [6.45, 7) is 4.65. The Balaban J connectivity index is 1.37. The van der Waals surface area contributed by atoms with E-state index in [2.05, 4.69) is 13.8 Å². The van der Waals surface area contributed by atoms with Gasteiger partial charge in [0.1, 0.15) is 6.61 Å². The van der Waals surface area contributed by atoms with Gasteiger partial charge in [0.25, 0.3) is 0 Å². The molecule has 0 amide bonds. The van der Waals surface area contributed by atoms with Gasteiger partial charge in [-0.1, -0.05) is 76.3 Å². The van der Waals surface area contributed by atoms with Gasteiger partial charge in [-0.25, -0.2) is 8.78 Å². The zero-order valence-electron chi connectivity index (χ0n) is 22.2. The highest BCUT2D eigenvalue weighted by molar-refractivity contribution is 5.65. The fraction of sp³-hybridized carbons (Fsp3) is 0.438. The summed E-state index contributed by atoms with van der Waals surface area (Å²) in [5.74, 6) is -3.34. The summed E-state index contributed by atoms with van der Waals surface area (Å²) in [5, 5.41) is 0. The molecule has 0 heterocycles. The Morgan fingerprint density at radius 2 is 1.34 bits per heavy atom. The van der Waals surface area contributed by atoms with E-state index < -0.39 is 23.3 Å². The molecule has 3 aromatic rings. The SMILES string of the molecule is CCCCCCOc1ccc(-c2ccc(COc3ccc(C4CCC(C)CC4)c(F)c3F)cc2)c(F)c1F. The van der Waals surface area contributed by atoms with Crippen LogP contribution < -0.4 is 9.47 Å². The van der Waals surface area contributed by atoms with Crippen molar-refractivity contribution in [3.05, 3.63) is 82.9 Å². The van der Waals surface area contributed by atoms with Gasteiger partial charge in [-0.15, -0.1) is 0 Å². The number of unbranched alkanes of at least 4 members (excludes halogenated alkanes) is 3. The molecule has 0 bridgehead atoms. The van der Waals surface area contributed by atoms with Gasteiger partial charge in [0.2, 0.25) is 11.6 Å². The fourth-order valence-corrected chi connectivity index (χ4v) is 5.06. The van der Waals surface area contributed by atoms with Crippen molar-refractivity contribution >= 4 is 0 Å². The highest BCUT2D eigenvalue weighted by Crippen LogP contribution is 2.38.